The second kappa shape index (κ2) is 7.42. The SMILES string of the molecule is COc1ccc(/C=N/NC(=O)Cc2ccccc2)c2ccccc12. The number of hydrazone groups is 1. The number of nitrogens with one attached hydrogen (secondary N) is 1. The molecule has 0 saturated heterocycles. The third-order valence-corrected chi connectivity index (χ3v) is 3.74. The Balaban J connectivity index is 1.73. The van der Waals surface area contributed by atoms with Crippen molar-refractivity contribution in [3.05, 3.63) is 77.9 Å². The van der Waals surface area contributed by atoms with Crippen LogP contribution >= 0.6 is 0 Å². The molecule has 24 heavy (non-hydrogen) atoms. The summed E-state index contributed by atoms with van der Waals surface area (Å²) in [4.78, 5) is 11.9. The van der Waals surface area contributed by atoms with Crippen molar-refractivity contribution in [1.29, 1.82) is 0 Å². The number of hydrogen-bond donors (Lipinski definition) is 1. The van der Waals surface area contributed by atoms with Crippen LogP contribution in [0.5, 0.6) is 5.75 Å². The molecule has 0 saturated carbocycles. The fraction of sp³-hybridized carbons (Fsp3) is 0.100. The van der Waals surface area contributed by atoms with Crippen molar-refractivity contribution in [2.75, 3.05) is 7.11 Å². The lowest BCUT2D eigenvalue weighted by Crippen LogP contribution is -2.19. The van der Waals surface area contributed by atoms with Gasteiger partial charge in [-0.25, -0.2) is 5.43 Å². The molecule has 0 aromatic heterocycles. The predicted octanol–water partition coefficient (Wildman–Crippen LogP) is 3.54. The Labute approximate surface area is 140 Å². The summed E-state index contributed by atoms with van der Waals surface area (Å²) < 4.78 is 5.38. The molecule has 0 aliphatic heterocycles. The molecule has 0 aliphatic carbocycles. The molecule has 0 heterocycles. The molecule has 0 fully saturated rings. The van der Waals surface area contributed by atoms with E-state index < -0.39 is 0 Å². The van der Waals surface area contributed by atoms with E-state index in [-0.39, 0.29) is 5.91 Å². The van der Waals surface area contributed by atoms with Crippen molar-refractivity contribution in [3.8, 4) is 5.75 Å². The number of methoxy groups -OCH3 is 1. The monoisotopic (exact) mass is 318 g/mol. The number of nitrogens with zero attached hydrogens (tertiary/aromatic N) is 1. The lowest BCUT2D eigenvalue weighted by molar-refractivity contribution is -0.120. The van der Waals surface area contributed by atoms with Gasteiger partial charge in [0.25, 0.3) is 0 Å². The lowest BCUT2D eigenvalue weighted by Gasteiger charge is -2.07. The van der Waals surface area contributed by atoms with Crippen LogP contribution in [0.2, 0.25) is 0 Å². The number of hydrogen-bond acceptors (Lipinski definition) is 3. The average molecular weight is 318 g/mol. The standard InChI is InChI=1S/C20H18N2O2/c1-24-19-12-11-16(17-9-5-6-10-18(17)19)14-21-22-20(23)13-15-7-3-2-4-8-15/h2-12,14H,13H2,1H3,(H,22,23)/b21-14+. The van der Waals surface area contributed by atoms with Crippen molar-refractivity contribution >= 4 is 22.9 Å². The second-order valence-electron chi connectivity index (χ2n) is 5.36. The van der Waals surface area contributed by atoms with E-state index >= 15 is 0 Å². The van der Waals surface area contributed by atoms with Gasteiger partial charge in [-0.05, 0) is 23.1 Å². The van der Waals surface area contributed by atoms with E-state index in [1.807, 2.05) is 66.7 Å². The molecule has 0 radical (unpaired) electrons. The van der Waals surface area contributed by atoms with E-state index in [0.717, 1.165) is 27.6 Å². The van der Waals surface area contributed by atoms with Gasteiger partial charge in [-0.15, -0.1) is 0 Å². The molecule has 3 rings (SSSR count). The number of benzene rings is 3. The van der Waals surface area contributed by atoms with Crippen molar-refractivity contribution in [2.45, 2.75) is 6.42 Å². The van der Waals surface area contributed by atoms with Gasteiger partial charge in [0.2, 0.25) is 5.91 Å². The molecule has 1 amide bonds. The van der Waals surface area contributed by atoms with Crippen LogP contribution in [0.15, 0.2) is 71.8 Å². The van der Waals surface area contributed by atoms with Gasteiger partial charge in [-0.2, -0.15) is 5.10 Å². The third-order valence-electron chi connectivity index (χ3n) is 3.74. The molecule has 0 unspecified atom stereocenters. The van der Waals surface area contributed by atoms with Gasteiger partial charge < -0.3 is 4.74 Å². The van der Waals surface area contributed by atoms with Crippen LogP contribution in [-0.2, 0) is 11.2 Å². The molecule has 0 spiro atoms. The average Bonchev–Trinajstić information content (AvgIpc) is 2.62. The predicted molar refractivity (Wildman–Crippen MR) is 96.4 cm³/mol. The van der Waals surface area contributed by atoms with Gasteiger partial charge in [0, 0.05) is 10.9 Å². The smallest absolute Gasteiger partial charge is 0.244 e. The Kier molecular flexibility index (Phi) is 4.87. The highest BCUT2D eigenvalue weighted by molar-refractivity contribution is 6.02. The fourth-order valence-electron chi connectivity index (χ4n) is 2.58. The summed E-state index contributed by atoms with van der Waals surface area (Å²) in [6.07, 6.45) is 1.96. The van der Waals surface area contributed by atoms with E-state index in [1.165, 1.54) is 0 Å². The number of rotatable bonds is 5. The van der Waals surface area contributed by atoms with Gasteiger partial charge in [0.1, 0.15) is 5.75 Å². The number of fused-ring (bicyclic) bond motifs is 1. The highest BCUT2D eigenvalue weighted by atomic mass is 16.5. The van der Waals surface area contributed by atoms with Gasteiger partial charge >= 0.3 is 0 Å². The minimum atomic E-state index is -0.143. The largest absolute Gasteiger partial charge is 0.496 e. The lowest BCUT2D eigenvalue weighted by atomic mass is 10.0. The fourth-order valence-corrected chi connectivity index (χ4v) is 2.58. The minimum Gasteiger partial charge on any atom is -0.496 e. The normalized spacial score (nSPS) is 10.9. The van der Waals surface area contributed by atoms with Crippen LogP contribution in [0.25, 0.3) is 10.8 Å². The maximum atomic E-state index is 11.9. The summed E-state index contributed by atoms with van der Waals surface area (Å²) in [5, 5.41) is 6.12. The molecule has 0 bridgehead atoms. The summed E-state index contributed by atoms with van der Waals surface area (Å²) in [6, 6.07) is 21.3. The maximum Gasteiger partial charge on any atom is 0.244 e. The molecule has 0 atom stereocenters. The van der Waals surface area contributed by atoms with Gasteiger partial charge in [-0.1, -0.05) is 54.6 Å². The van der Waals surface area contributed by atoms with Crippen LogP contribution in [0.4, 0.5) is 0 Å². The molecule has 3 aromatic carbocycles. The molecule has 0 aliphatic rings. The van der Waals surface area contributed by atoms with Gasteiger partial charge in [-0.3, -0.25) is 4.79 Å². The minimum absolute atomic E-state index is 0.143. The molecule has 4 heteroatoms. The number of carbonyl (C=O) groups is 1. The van der Waals surface area contributed by atoms with E-state index in [4.69, 9.17) is 4.74 Å². The Morgan fingerprint density at radius 2 is 1.71 bits per heavy atom. The van der Waals surface area contributed by atoms with E-state index in [1.54, 1.807) is 13.3 Å². The van der Waals surface area contributed by atoms with E-state index in [2.05, 4.69) is 10.5 Å². The Bertz CT molecular complexity index is 873. The van der Waals surface area contributed by atoms with Crippen molar-refractivity contribution in [2.24, 2.45) is 5.10 Å². The van der Waals surface area contributed by atoms with Gasteiger partial charge in [0.05, 0.1) is 19.7 Å². The third kappa shape index (κ3) is 3.60. The summed E-state index contributed by atoms with van der Waals surface area (Å²) in [7, 11) is 1.65. The molecular formula is C20H18N2O2. The Morgan fingerprint density at radius 1 is 1.00 bits per heavy atom. The Morgan fingerprint density at radius 3 is 2.46 bits per heavy atom. The summed E-state index contributed by atoms with van der Waals surface area (Å²) in [5.41, 5.74) is 4.45. The maximum absolute atomic E-state index is 11.9. The summed E-state index contributed by atoms with van der Waals surface area (Å²) >= 11 is 0. The Hall–Kier alpha value is -3.14. The molecule has 1 N–H and O–H groups in total. The topological polar surface area (TPSA) is 50.7 Å². The highest BCUT2D eigenvalue weighted by Gasteiger charge is 2.05. The first-order chi connectivity index (χ1) is 11.8. The zero-order valence-corrected chi connectivity index (χ0v) is 13.4. The van der Waals surface area contributed by atoms with Gasteiger partial charge in [0.15, 0.2) is 0 Å². The first-order valence-corrected chi connectivity index (χ1v) is 7.69. The van der Waals surface area contributed by atoms with Crippen LogP contribution in [-0.4, -0.2) is 19.2 Å². The molecular weight excluding hydrogens is 300 g/mol. The quantitative estimate of drug-likeness (QED) is 0.578. The van der Waals surface area contributed by atoms with Crippen LogP contribution in [0.1, 0.15) is 11.1 Å². The van der Waals surface area contributed by atoms with Crippen molar-refractivity contribution < 1.29 is 9.53 Å². The number of ether oxygens (including phenoxy) is 1. The summed E-state index contributed by atoms with van der Waals surface area (Å²) in [6.45, 7) is 0. The van der Waals surface area contributed by atoms with Crippen LogP contribution < -0.4 is 10.2 Å². The first-order valence-electron chi connectivity index (χ1n) is 7.69. The first kappa shape index (κ1) is 15.7. The van der Waals surface area contributed by atoms with Crippen molar-refractivity contribution in [3.63, 3.8) is 0 Å². The zero-order chi connectivity index (χ0) is 16.8. The number of amides is 1. The highest BCUT2D eigenvalue weighted by Crippen LogP contribution is 2.27. The molecule has 4 nitrogen and oxygen atoms in total. The molecule has 120 valence electrons. The van der Waals surface area contributed by atoms with Crippen molar-refractivity contribution in [1.82, 2.24) is 5.43 Å². The zero-order valence-electron chi connectivity index (χ0n) is 13.4. The van der Waals surface area contributed by atoms with Crippen LogP contribution in [0, 0.1) is 0 Å². The summed E-state index contributed by atoms with van der Waals surface area (Å²) in [5.74, 6) is 0.672. The van der Waals surface area contributed by atoms with E-state index in [9.17, 15) is 4.79 Å². The molecule has 3 aromatic rings. The van der Waals surface area contributed by atoms with Crippen LogP contribution in [0.3, 0.4) is 0 Å². The van der Waals surface area contributed by atoms with E-state index in [0.29, 0.717) is 6.42 Å². The number of carbonyl (C=O) groups excluding carboxylic acids is 1. The second-order valence-corrected chi connectivity index (χ2v) is 5.36.